The molecule has 3 rings (SSSR count). The molecule has 0 unspecified atom stereocenters. The minimum atomic E-state index is -0.945. The molecule has 1 aromatic heterocycles. The number of carbonyl (C=O) groups excluding carboxylic acids is 1. The van der Waals surface area contributed by atoms with Crippen LogP contribution >= 0.6 is 0 Å². The molecule has 1 saturated heterocycles. The molecular weight excluding hydrogens is 332 g/mol. The van der Waals surface area contributed by atoms with Crippen LogP contribution in [0.3, 0.4) is 0 Å². The lowest BCUT2D eigenvalue weighted by atomic mass is 10.2. The van der Waals surface area contributed by atoms with Crippen LogP contribution in [0, 0.1) is 0 Å². The third-order valence-electron chi connectivity index (χ3n) is 4.25. The van der Waals surface area contributed by atoms with E-state index in [1.807, 2.05) is 36.4 Å². The van der Waals surface area contributed by atoms with Gasteiger partial charge in [-0.05, 0) is 42.7 Å². The highest BCUT2D eigenvalue weighted by molar-refractivity contribution is 5.94. The zero-order valence-electron chi connectivity index (χ0n) is 14.2. The molecule has 134 valence electrons. The minimum Gasteiger partial charge on any atom is -0.489 e. The van der Waals surface area contributed by atoms with Gasteiger partial charge in [0.1, 0.15) is 18.4 Å². The van der Waals surface area contributed by atoms with Crippen LogP contribution in [0.25, 0.3) is 6.08 Å². The summed E-state index contributed by atoms with van der Waals surface area (Å²) >= 11 is 0. The Balaban J connectivity index is 1.56. The number of rotatable bonds is 6. The number of carboxylic acids is 1. The molecule has 1 aliphatic rings. The standard InChI is InChI=1S/C20H20N2O4/c23-19(22-12-2-4-18(22)20(24)25)10-7-15-5-8-17(9-6-15)26-14-16-3-1-11-21-13-16/h1,3,5-11,13,18H,2,4,12,14H2,(H,24,25)/b10-7+/t18-/m1/s1. The SMILES string of the molecule is O=C(O)[C@H]1CCCN1C(=O)/C=C/c1ccc(OCc2cccnc2)cc1. The smallest absolute Gasteiger partial charge is 0.326 e. The van der Waals surface area contributed by atoms with Crippen molar-refractivity contribution in [1.29, 1.82) is 0 Å². The van der Waals surface area contributed by atoms with Gasteiger partial charge in [-0.25, -0.2) is 4.79 Å². The molecule has 1 N–H and O–H groups in total. The fourth-order valence-corrected chi connectivity index (χ4v) is 2.88. The van der Waals surface area contributed by atoms with E-state index in [0.717, 1.165) is 23.3 Å². The summed E-state index contributed by atoms with van der Waals surface area (Å²) < 4.78 is 5.69. The molecule has 0 aliphatic carbocycles. The van der Waals surface area contributed by atoms with E-state index in [4.69, 9.17) is 9.84 Å². The lowest BCUT2D eigenvalue weighted by molar-refractivity contribution is -0.146. The predicted octanol–water partition coefficient (Wildman–Crippen LogP) is 2.75. The van der Waals surface area contributed by atoms with E-state index in [-0.39, 0.29) is 5.91 Å². The molecule has 1 aliphatic heterocycles. The number of carboxylic acid groups (broad SMARTS) is 1. The highest BCUT2D eigenvalue weighted by atomic mass is 16.5. The molecule has 0 spiro atoms. The second-order valence-electron chi connectivity index (χ2n) is 6.08. The summed E-state index contributed by atoms with van der Waals surface area (Å²) in [5.74, 6) is -0.492. The lowest BCUT2D eigenvalue weighted by Crippen LogP contribution is -2.39. The van der Waals surface area contributed by atoms with Gasteiger partial charge in [-0.2, -0.15) is 0 Å². The Labute approximate surface area is 151 Å². The van der Waals surface area contributed by atoms with Crippen LogP contribution in [0.5, 0.6) is 5.75 Å². The molecule has 0 saturated carbocycles. The summed E-state index contributed by atoms with van der Waals surface area (Å²) in [6.45, 7) is 0.925. The number of hydrogen-bond donors (Lipinski definition) is 1. The number of amides is 1. The highest BCUT2D eigenvalue weighted by Crippen LogP contribution is 2.19. The van der Waals surface area contributed by atoms with Gasteiger partial charge in [0.05, 0.1) is 0 Å². The zero-order chi connectivity index (χ0) is 18.4. The quantitative estimate of drug-likeness (QED) is 0.809. The molecule has 0 radical (unpaired) electrons. The molecule has 1 aromatic carbocycles. The van der Waals surface area contributed by atoms with Crippen molar-refractivity contribution >= 4 is 18.0 Å². The van der Waals surface area contributed by atoms with Crippen LogP contribution in [-0.4, -0.2) is 39.5 Å². The average molecular weight is 352 g/mol. The summed E-state index contributed by atoms with van der Waals surface area (Å²) in [5.41, 5.74) is 1.83. The topological polar surface area (TPSA) is 79.7 Å². The Hall–Kier alpha value is -3.15. The predicted molar refractivity (Wildman–Crippen MR) is 96.4 cm³/mol. The number of carbonyl (C=O) groups is 2. The first-order chi connectivity index (χ1) is 12.6. The van der Waals surface area contributed by atoms with Crippen molar-refractivity contribution in [3.63, 3.8) is 0 Å². The maximum Gasteiger partial charge on any atom is 0.326 e. The van der Waals surface area contributed by atoms with Crippen molar-refractivity contribution in [1.82, 2.24) is 9.88 Å². The van der Waals surface area contributed by atoms with Gasteiger partial charge in [0.2, 0.25) is 5.91 Å². The summed E-state index contributed by atoms with van der Waals surface area (Å²) in [6, 6.07) is 10.4. The van der Waals surface area contributed by atoms with E-state index in [1.165, 1.54) is 11.0 Å². The first kappa shape index (κ1) is 17.7. The van der Waals surface area contributed by atoms with E-state index in [9.17, 15) is 9.59 Å². The molecule has 6 nitrogen and oxygen atoms in total. The number of aromatic nitrogens is 1. The number of likely N-dealkylation sites (tertiary alicyclic amines) is 1. The van der Waals surface area contributed by atoms with Crippen LogP contribution in [-0.2, 0) is 16.2 Å². The molecule has 1 amide bonds. The Morgan fingerprint density at radius 1 is 1.27 bits per heavy atom. The molecule has 1 fully saturated rings. The largest absolute Gasteiger partial charge is 0.489 e. The van der Waals surface area contributed by atoms with Gasteiger partial charge < -0.3 is 14.7 Å². The summed E-state index contributed by atoms with van der Waals surface area (Å²) in [5, 5.41) is 9.15. The van der Waals surface area contributed by atoms with Gasteiger partial charge in [0.15, 0.2) is 0 Å². The minimum absolute atomic E-state index is 0.271. The monoisotopic (exact) mass is 352 g/mol. The third-order valence-corrected chi connectivity index (χ3v) is 4.25. The van der Waals surface area contributed by atoms with Gasteiger partial charge >= 0.3 is 5.97 Å². The van der Waals surface area contributed by atoms with Crippen LogP contribution in [0.1, 0.15) is 24.0 Å². The van der Waals surface area contributed by atoms with Crippen LogP contribution in [0.4, 0.5) is 0 Å². The maximum absolute atomic E-state index is 12.2. The van der Waals surface area contributed by atoms with E-state index in [0.29, 0.717) is 19.6 Å². The summed E-state index contributed by atoms with van der Waals surface area (Å²) in [6.07, 6.45) is 7.81. The number of pyridine rings is 1. The Kier molecular flexibility index (Phi) is 5.63. The second kappa shape index (κ2) is 8.29. The van der Waals surface area contributed by atoms with Crippen LogP contribution in [0.2, 0.25) is 0 Å². The lowest BCUT2D eigenvalue weighted by Gasteiger charge is -2.19. The van der Waals surface area contributed by atoms with E-state index < -0.39 is 12.0 Å². The zero-order valence-corrected chi connectivity index (χ0v) is 14.2. The van der Waals surface area contributed by atoms with E-state index in [2.05, 4.69) is 4.98 Å². The average Bonchev–Trinajstić information content (AvgIpc) is 3.16. The molecule has 26 heavy (non-hydrogen) atoms. The van der Waals surface area contributed by atoms with Crippen molar-refractivity contribution < 1.29 is 19.4 Å². The second-order valence-corrected chi connectivity index (χ2v) is 6.08. The van der Waals surface area contributed by atoms with E-state index >= 15 is 0 Å². The summed E-state index contributed by atoms with van der Waals surface area (Å²) in [7, 11) is 0. The highest BCUT2D eigenvalue weighted by Gasteiger charge is 2.32. The molecule has 0 bridgehead atoms. The Morgan fingerprint density at radius 3 is 2.77 bits per heavy atom. The third kappa shape index (κ3) is 4.47. The number of hydrogen-bond acceptors (Lipinski definition) is 4. The van der Waals surface area contributed by atoms with Crippen LogP contribution in [0.15, 0.2) is 54.9 Å². The van der Waals surface area contributed by atoms with Gasteiger partial charge in [-0.15, -0.1) is 0 Å². The Morgan fingerprint density at radius 2 is 2.08 bits per heavy atom. The molecule has 2 heterocycles. The van der Waals surface area contributed by atoms with Crippen molar-refractivity contribution in [2.75, 3.05) is 6.54 Å². The van der Waals surface area contributed by atoms with Gasteiger partial charge in [0.25, 0.3) is 0 Å². The first-order valence-electron chi connectivity index (χ1n) is 8.47. The van der Waals surface area contributed by atoms with Gasteiger partial charge in [0, 0.05) is 30.6 Å². The van der Waals surface area contributed by atoms with Crippen LogP contribution < -0.4 is 4.74 Å². The van der Waals surface area contributed by atoms with Crippen molar-refractivity contribution in [2.45, 2.75) is 25.5 Å². The van der Waals surface area contributed by atoms with Gasteiger partial charge in [-0.3, -0.25) is 9.78 Å². The normalized spacial score (nSPS) is 16.8. The number of nitrogens with zero attached hydrogens (tertiary/aromatic N) is 2. The molecule has 1 atom stereocenters. The van der Waals surface area contributed by atoms with Crippen molar-refractivity contribution in [3.05, 3.63) is 66.0 Å². The van der Waals surface area contributed by atoms with Gasteiger partial charge in [-0.1, -0.05) is 18.2 Å². The molecular formula is C20H20N2O4. The number of benzene rings is 1. The number of ether oxygens (including phenoxy) is 1. The fourth-order valence-electron chi connectivity index (χ4n) is 2.88. The number of aliphatic carboxylic acids is 1. The summed E-state index contributed by atoms with van der Waals surface area (Å²) in [4.78, 5) is 28.8. The first-order valence-corrected chi connectivity index (χ1v) is 8.47. The van der Waals surface area contributed by atoms with Crippen molar-refractivity contribution in [3.8, 4) is 5.75 Å². The molecule has 2 aromatic rings. The maximum atomic E-state index is 12.2. The Bertz CT molecular complexity index is 787. The molecule has 6 heteroatoms. The van der Waals surface area contributed by atoms with Crippen molar-refractivity contribution in [2.24, 2.45) is 0 Å². The van der Waals surface area contributed by atoms with E-state index in [1.54, 1.807) is 18.5 Å². The fraction of sp³-hybridized carbons (Fsp3) is 0.250.